The van der Waals surface area contributed by atoms with E-state index in [0.29, 0.717) is 5.02 Å². The van der Waals surface area contributed by atoms with E-state index in [1.54, 1.807) is 0 Å². The lowest BCUT2D eigenvalue weighted by Gasteiger charge is -2.24. The van der Waals surface area contributed by atoms with E-state index in [9.17, 15) is 5.11 Å². The lowest BCUT2D eigenvalue weighted by Crippen LogP contribution is -2.21. The van der Waals surface area contributed by atoms with Crippen LogP contribution >= 0.6 is 11.6 Å². The highest BCUT2D eigenvalue weighted by atomic mass is 35.5. The Morgan fingerprint density at radius 2 is 2.20 bits per heavy atom. The normalized spacial score (nSPS) is 19.9. The highest BCUT2D eigenvalue weighted by Crippen LogP contribution is 2.38. The van der Waals surface area contributed by atoms with E-state index >= 15 is 0 Å². The van der Waals surface area contributed by atoms with Gasteiger partial charge in [0.05, 0.1) is 5.60 Å². The van der Waals surface area contributed by atoms with Gasteiger partial charge in [0.2, 0.25) is 0 Å². The van der Waals surface area contributed by atoms with Crippen molar-refractivity contribution in [3.63, 3.8) is 0 Å². The van der Waals surface area contributed by atoms with Crippen LogP contribution in [0.3, 0.4) is 0 Å². The van der Waals surface area contributed by atoms with Crippen LogP contribution in [0, 0.1) is 5.92 Å². The van der Waals surface area contributed by atoms with Crippen LogP contribution in [0.5, 0.6) is 0 Å². The maximum atomic E-state index is 10.3. The molecule has 1 atom stereocenters. The number of halogens is 1. The van der Waals surface area contributed by atoms with Gasteiger partial charge in [-0.3, -0.25) is 0 Å². The average molecular weight is 225 g/mol. The molecule has 1 aromatic rings. The Kier molecular flexibility index (Phi) is 3.03. The Morgan fingerprint density at radius 1 is 1.47 bits per heavy atom. The Morgan fingerprint density at radius 3 is 2.80 bits per heavy atom. The van der Waals surface area contributed by atoms with Gasteiger partial charge in [-0.25, -0.2) is 0 Å². The van der Waals surface area contributed by atoms with E-state index in [2.05, 4.69) is 0 Å². The summed E-state index contributed by atoms with van der Waals surface area (Å²) in [6.07, 6.45) is 4.63. The first-order valence-corrected chi connectivity index (χ1v) is 5.94. The first-order valence-electron chi connectivity index (χ1n) is 5.56. The van der Waals surface area contributed by atoms with Gasteiger partial charge in [-0.1, -0.05) is 36.6 Å². The van der Waals surface area contributed by atoms with Gasteiger partial charge in [0, 0.05) is 5.02 Å². The molecule has 82 valence electrons. The van der Waals surface area contributed by atoms with Gasteiger partial charge in [0.15, 0.2) is 0 Å². The molecule has 2 rings (SSSR count). The van der Waals surface area contributed by atoms with Crippen molar-refractivity contribution < 1.29 is 5.11 Å². The molecule has 1 aromatic carbocycles. The minimum Gasteiger partial charge on any atom is -0.385 e. The maximum absolute atomic E-state index is 10.3. The summed E-state index contributed by atoms with van der Waals surface area (Å²) < 4.78 is 0. The molecule has 0 aromatic heterocycles. The van der Waals surface area contributed by atoms with E-state index < -0.39 is 5.60 Å². The van der Waals surface area contributed by atoms with E-state index in [-0.39, 0.29) is 0 Å². The van der Waals surface area contributed by atoms with E-state index in [1.807, 2.05) is 31.2 Å². The minimum absolute atomic E-state index is 0.694. The molecule has 0 aliphatic heterocycles. The third kappa shape index (κ3) is 2.96. The highest BCUT2D eigenvalue weighted by Gasteiger charge is 2.28. The molecular weight excluding hydrogens is 208 g/mol. The molecule has 0 spiro atoms. The second-order valence-electron chi connectivity index (χ2n) is 4.77. The molecule has 1 saturated carbocycles. The van der Waals surface area contributed by atoms with Crippen molar-refractivity contribution in [3.8, 4) is 0 Å². The summed E-state index contributed by atoms with van der Waals surface area (Å²) >= 11 is 5.91. The maximum Gasteiger partial charge on any atom is 0.0869 e. The first kappa shape index (κ1) is 11.0. The van der Waals surface area contributed by atoms with Gasteiger partial charge in [-0.15, -0.1) is 0 Å². The number of aliphatic hydroxyl groups is 1. The topological polar surface area (TPSA) is 20.2 Å². The summed E-state index contributed by atoms with van der Waals surface area (Å²) in [5.74, 6) is 0.857. The van der Waals surface area contributed by atoms with Crippen molar-refractivity contribution in [1.82, 2.24) is 0 Å². The summed E-state index contributed by atoms with van der Waals surface area (Å²) in [5.41, 5.74) is 0.198. The lowest BCUT2D eigenvalue weighted by atomic mass is 9.90. The van der Waals surface area contributed by atoms with Crippen molar-refractivity contribution in [2.45, 2.75) is 38.2 Å². The smallest absolute Gasteiger partial charge is 0.0869 e. The summed E-state index contributed by atoms with van der Waals surface area (Å²) in [6, 6.07) is 7.53. The Hall–Kier alpha value is -0.530. The Balaban J connectivity index is 2.05. The molecule has 0 bridgehead atoms. The van der Waals surface area contributed by atoms with Crippen LogP contribution in [0.15, 0.2) is 24.3 Å². The number of benzene rings is 1. The lowest BCUT2D eigenvalue weighted by molar-refractivity contribution is 0.0440. The highest BCUT2D eigenvalue weighted by molar-refractivity contribution is 6.30. The van der Waals surface area contributed by atoms with Crippen molar-refractivity contribution in [1.29, 1.82) is 0 Å². The van der Waals surface area contributed by atoms with Gasteiger partial charge >= 0.3 is 0 Å². The number of hydrogen-bond acceptors (Lipinski definition) is 1. The van der Waals surface area contributed by atoms with Gasteiger partial charge < -0.3 is 5.11 Å². The zero-order valence-electron chi connectivity index (χ0n) is 9.04. The molecule has 1 nitrogen and oxygen atoms in total. The Bertz CT molecular complexity index is 342. The fourth-order valence-corrected chi connectivity index (χ4v) is 2.05. The molecule has 1 aliphatic rings. The first-order chi connectivity index (χ1) is 7.08. The third-order valence-corrected chi connectivity index (χ3v) is 3.42. The van der Waals surface area contributed by atoms with Gasteiger partial charge in [0.1, 0.15) is 0 Å². The van der Waals surface area contributed by atoms with Crippen molar-refractivity contribution in [3.05, 3.63) is 34.9 Å². The van der Waals surface area contributed by atoms with Crippen molar-refractivity contribution >= 4 is 11.6 Å². The average Bonchev–Trinajstić information content (AvgIpc) is 2.98. The predicted molar refractivity (Wildman–Crippen MR) is 63.0 cm³/mol. The molecule has 1 fully saturated rings. The minimum atomic E-state index is -0.729. The fraction of sp³-hybridized carbons (Fsp3) is 0.538. The number of rotatable bonds is 4. The SMILES string of the molecule is CC(O)(CCC1CC1)c1cccc(Cl)c1. The van der Waals surface area contributed by atoms with Gasteiger partial charge in [-0.05, 0) is 43.4 Å². The van der Waals surface area contributed by atoms with E-state index in [0.717, 1.165) is 24.3 Å². The third-order valence-electron chi connectivity index (χ3n) is 3.18. The summed E-state index contributed by atoms with van der Waals surface area (Å²) in [5, 5.41) is 11.0. The summed E-state index contributed by atoms with van der Waals surface area (Å²) in [4.78, 5) is 0. The second-order valence-corrected chi connectivity index (χ2v) is 5.20. The van der Waals surface area contributed by atoms with Crippen molar-refractivity contribution in [2.75, 3.05) is 0 Å². The van der Waals surface area contributed by atoms with E-state index in [4.69, 9.17) is 11.6 Å². The van der Waals surface area contributed by atoms with Crippen LogP contribution in [-0.2, 0) is 5.60 Å². The zero-order chi connectivity index (χ0) is 10.9. The van der Waals surface area contributed by atoms with Crippen LogP contribution in [0.2, 0.25) is 5.02 Å². The summed E-state index contributed by atoms with van der Waals surface area (Å²) in [6.45, 7) is 1.88. The molecule has 0 saturated heterocycles. The molecule has 0 amide bonds. The molecule has 15 heavy (non-hydrogen) atoms. The van der Waals surface area contributed by atoms with Crippen molar-refractivity contribution in [2.24, 2.45) is 5.92 Å². The van der Waals surface area contributed by atoms with E-state index in [1.165, 1.54) is 12.8 Å². The van der Waals surface area contributed by atoms with Gasteiger partial charge in [0.25, 0.3) is 0 Å². The van der Waals surface area contributed by atoms with Crippen LogP contribution in [0.1, 0.15) is 38.2 Å². The largest absolute Gasteiger partial charge is 0.385 e. The quantitative estimate of drug-likeness (QED) is 0.826. The van der Waals surface area contributed by atoms with Gasteiger partial charge in [-0.2, -0.15) is 0 Å². The molecule has 1 aliphatic carbocycles. The monoisotopic (exact) mass is 224 g/mol. The fourth-order valence-electron chi connectivity index (χ4n) is 1.86. The summed E-state index contributed by atoms with van der Waals surface area (Å²) in [7, 11) is 0. The molecule has 0 heterocycles. The molecule has 1 N–H and O–H groups in total. The molecular formula is C13H17ClO. The number of hydrogen-bond donors (Lipinski definition) is 1. The van der Waals surface area contributed by atoms with Crippen LogP contribution < -0.4 is 0 Å². The molecule has 1 unspecified atom stereocenters. The second kappa shape index (κ2) is 4.15. The zero-order valence-corrected chi connectivity index (χ0v) is 9.80. The van der Waals surface area contributed by atoms with Crippen LogP contribution in [-0.4, -0.2) is 5.11 Å². The molecule has 2 heteroatoms. The predicted octanol–water partition coefficient (Wildman–Crippen LogP) is 3.74. The van der Waals surface area contributed by atoms with Crippen LogP contribution in [0.25, 0.3) is 0 Å². The Labute approximate surface area is 96.1 Å². The van der Waals surface area contributed by atoms with Crippen LogP contribution in [0.4, 0.5) is 0 Å². The standard InChI is InChI=1S/C13H17ClO/c1-13(15,8-7-10-5-6-10)11-3-2-4-12(14)9-11/h2-4,9-10,15H,5-8H2,1H3. The molecule has 0 radical (unpaired) electrons.